The zero-order valence-electron chi connectivity index (χ0n) is 22.6. The van der Waals surface area contributed by atoms with E-state index in [4.69, 9.17) is 31.0 Å². The van der Waals surface area contributed by atoms with Crippen LogP contribution in [0.15, 0.2) is 36.4 Å². The summed E-state index contributed by atoms with van der Waals surface area (Å²) < 4.78 is 12.8. The van der Waals surface area contributed by atoms with Gasteiger partial charge in [-0.25, -0.2) is 0 Å². The second kappa shape index (κ2) is 10.9. The molecule has 6 rings (SSSR count). The van der Waals surface area contributed by atoms with Gasteiger partial charge in [-0.3, -0.25) is 0 Å². The first-order valence-corrected chi connectivity index (χ1v) is 14.1. The number of ether oxygens (including phenoxy) is 2. The highest BCUT2D eigenvalue weighted by atomic mass is 35.5. The summed E-state index contributed by atoms with van der Waals surface area (Å²) in [5.74, 6) is 0.867. The summed E-state index contributed by atoms with van der Waals surface area (Å²) in [6.45, 7) is 4.33. The summed E-state index contributed by atoms with van der Waals surface area (Å²) in [7, 11) is 4.21. The van der Waals surface area contributed by atoms with E-state index in [0.717, 1.165) is 70.9 Å². The van der Waals surface area contributed by atoms with Gasteiger partial charge in [-0.05, 0) is 44.0 Å². The molecule has 1 aliphatic carbocycles. The van der Waals surface area contributed by atoms with Crippen LogP contribution in [0.2, 0.25) is 5.02 Å². The van der Waals surface area contributed by atoms with Crippen molar-refractivity contribution in [3.8, 4) is 12.1 Å². The molecule has 2 aromatic carbocycles. The molecular formula is C30H35ClN6O2. The van der Waals surface area contributed by atoms with E-state index in [1.54, 1.807) is 0 Å². The second-order valence-corrected chi connectivity index (χ2v) is 11.8. The number of nitriles is 1. The van der Waals surface area contributed by atoms with Crippen LogP contribution in [0.3, 0.4) is 0 Å². The SMILES string of the molecule is CN(C)CC1(COc2nc3c(c(N4CCN[C@@H](CC#N)C4)n2)COC(c2cccc4cccc(Cl)c24)C3)CC1. The summed E-state index contributed by atoms with van der Waals surface area (Å²) in [5, 5.41) is 15.6. The lowest BCUT2D eigenvalue weighted by Crippen LogP contribution is -2.51. The lowest BCUT2D eigenvalue weighted by molar-refractivity contribution is 0.0265. The number of nitrogens with zero attached hydrogens (tertiary/aromatic N) is 5. The lowest BCUT2D eigenvalue weighted by atomic mass is 9.94. The standard InChI is InChI=1S/C30H35ClN6O2/c1-36(2)18-30(10-11-30)19-39-29-34-25-15-26(22-7-3-5-20-6-4-8-24(31)27(20)22)38-17-23(25)28(35-29)37-14-13-33-21(16-37)9-12-32/h3-8,21,26,33H,9-11,13-19H2,1-2H3/t21-,26?/m0/s1. The summed E-state index contributed by atoms with van der Waals surface area (Å²) >= 11 is 6.66. The van der Waals surface area contributed by atoms with Gasteiger partial charge in [-0.1, -0.05) is 41.9 Å². The smallest absolute Gasteiger partial charge is 0.318 e. The van der Waals surface area contributed by atoms with Crippen LogP contribution in [0.1, 0.15) is 42.2 Å². The molecule has 2 atom stereocenters. The molecule has 1 aromatic heterocycles. The number of rotatable bonds is 8. The van der Waals surface area contributed by atoms with Gasteiger partial charge in [0, 0.05) is 60.0 Å². The summed E-state index contributed by atoms with van der Waals surface area (Å²) in [6.07, 6.45) is 3.22. The van der Waals surface area contributed by atoms with Crippen molar-refractivity contribution in [2.24, 2.45) is 5.41 Å². The molecule has 204 valence electrons. The van der Waals surface area contributed by atoms with Gasteiger partial charge in [0.1, 0.15) is 5.82 Å². The van der Waals surface area contributed by atoms with E-state index in [0.29, 0.717) is 38.6 Å². The highest BCUT2D eigenvalue weighted by Gasteiger charge is 2.44. The molecule has 3 aliphatic rings. The van der Waals surface area contributed by atoms with Crippen molar-refractivity contribution in [3.05, 3.63) is 58.2 Å². The van der Waals surface area contributed by atoms with Gasteiger partial charge in [0.2, 0.25) is 0 Å². The first-order valence-electron chi connectivity index (χ1n) is 13.8. The van der Waals surface area contributed by atoms with Crippen molar-refractivity contribution in [2.75, 3.05) is 51.8 Å². The minimum atomic E-state index is -0.172. The van der Waals surface area contributed by atoms with E-state index in [1.165, 1.54) is 0 Å². The van der Waals surface area contributed by atoms with Crippen molar-refractivity contribution in [1.29, 1.82) is 5.26 Å². The van der Waals surface area contributed by atoms with Crippen LogP contribution in [0, 0.1) is 16.7 Å². The number of piperazine rings is 1. The Balaban J connectivity index is 1.33. The largest absolute Gasteiger partial charge is 0.463 e. The highest BCUT2D eigenvalue weighted by molar-refractivity contribution is 6.35. The van der Waals surface area contributed by atoms with Crippen LogP contribution >= 0.6 is 11.6 Å². The predicted molar refractivity (Wildman–Crippen MR) is 152 cm³/mol. The zero-order chi connectivity index (χ0) is 27.0. The predicted octanol–water partition coefficient (Wildman–Crippen LogP) is 4.51. The van der Waals surface area contributed by atoms with Gasteiger partial charge in [0.05, 0.1) is 37.5 Å². The van der Waals surface area contributed by atoms with Crippen LogP contribution in [-0.4, -0.2) is 67.8 Å². The minimum absolute atomic E-state index is 0.101. The van der Waals surface area contributed by atoms with E-state index >= 15 is 0 Å². The molecule has 9 heteroatoms. The third kappa shape index (κ3) is 5.55. The Hall–Kier alpha value is -2.96. The highest BCUT2D eigenvalue weighted by Crippen LogP contribution is 2.46. The van der Waals surface area contributed by atoms with Crippen molar-refractivity contribution >= 4 is 28.2 Å². The van der Waals surface area contributed by atoms with Gasteiger partial charge in [-0.15, -0.1) is 0 Å². The third-order valence-corrected chi connectivity index (χ3v) is 8.41. The van der Waals surface area contributed by atoms with Gasteiger partial charge in [0.15, 0.2) is 0 Å². The molecule has 39 heavy (non-hydrogen) atoms. The lowest BCUT2D eigenvalue weighted by Gasteiger charge is -2.36. The molecule has 0 radical (unpaired) electrons. The van der Waals surface area contributed by atoms with Crippen molar-refractivity contribution in [1.82, 2.24) is 20.2 Å². The molecule has 1 unspecified atom stereocenters. The molecule has 2 aliphatic heterocycles. The Kier molecular flexibility index (Phi) is 7.34. The quantitative estimate of drug-likeness (QED) is 0.442. The molecule has 0 spiro atoms. The molecule has 1 saturated heterocycles. The van der Waals surface area contributed by atoms with E-state index in [9.17, 15) is 5.26 Å². The Morgan fingerprint density at radius 1 is 1.23 bits per heavy atom. The van der Waals surface area contributed by atoms with Gasteiger partial charge in [0.25, 0.3) is 0 Å². The Labute approximate surface area is 234 Å². The molecular weight excluding hydrogens is 512 g/mol. The molecule has 1 saturated carbocycles. The molecule has 0 amide bonds. The van der Waals surface area contributed by atoms with Crippen LogP contribution in [0.25, 0.3) is 10.8 Å². The average molecular weight is 547 g/mol. The van der Waals surface area contributed by atoms with Crippen LogP contribution in [-0.2, 0) is 17.8 Å². The topological polar surface area (TPSA) is 86.5 Å². The number of halogens is 1. The van der Waals surface area contributed by atoms with Crippen molar-refractivity contribution < 1.29 is 9.47 Å². The summed E-state index contributed by atoms with van der Waals surface area (Å²) in [6, 6.07) is 15.1. The minimum Gasteiger partial charge on any atom is -0.463 e. The Bertz CT molecular complexity index is 1400. The second-order valence-electron chi connectivity index (χ2n) is 11.4. The molecule has 3 heterocycles. The van der Waals surface area contributed by atoms with E-state index in [1.807, 2.05) is 12.1 Å². The third-order valence-electron chi connectivity index (χ3n) is 8.10. The van der Waals surface area contributed by atoms with Crippen LogP contribution < -0.4 is 15.0 Å². The molecule has 3 aromatic rings. The monoisotopic (exact) mass is 546 g/mol. The average Bonchev–Trinajstić information content (AvgIpc) is 3.70. The normalized spacial score (nSPS) is 22.0. The number of hydrogen-bond acceptors (Lipinski definition) is 8. The van der Waals surface area contributed by atoms with Crippen LogP contribution in [0.5, 0.6) is 6.01 Å². The Morgan fingerprint density at radius 3 is 2.82 bits per heavy atom. The van der Waals surface area contributed by atoms with E-state index < -0.39 is 0 Å². The molecule has 0 bridgehead atoms. The van der Waals surface area contributed by atoms with Gasteiger partial charge >= 0.3 is 6.01 Å². The Morgan fingerprint density at radius 2 is 2.05 bits per heavy atom. The van der Waals surface area contributed by atoms with Crippen molar-refractivity contribution in [2.45, 2.75) is 44.4 Å². The van der Waals surface area contributed by atoms with E-state index in [2.05, 4.69) is 59.5 Å². The summed E-state index contributed by atoms with van der Waals surface area (Å²) in [4.78, 5) is 14.4. The number of benzene rings is 2. The fourth-order valence-electron chi connectivity index (χ4n) is 6.03. The number of fused-ring (bicyclic) bond motifs is 2. The maximum absolute atomic E-state index is 9.27. The zero-order valence-corrected chi connectivity index (χ0v) is 23.4. The maximum Gasteiger partial charge on any atom is 0.318 e. The molecule has 2 fully saturated rings. The first-order chi connectivity index (χ1) is 18.9. The number of nitrogens with one attached hydrogen (secondary N) is 1. The molecule has 8 nitrogen and oxygen atoms in total. The fourth-order valence-corrected chi connectivity index (χ4v) is 6.32. The maximum atomic E-state index is 9.27. The first kappa shape index (κ1) is 26.3. The van der Waals surface area contributed by atoms with E-state index in [-0.39, 0.29) is 17.6 Å². The van der Waals surface area contributed by atoms with Gasteiger partial charge in [-0.2, -0.15) is 15.2 Å². The number of anilines is 1. The van der Waals surface area contributed by atoms with Crippen LogP contribution in [0.4, 0.5) is 5.82 Å². The fraction of sp³-hybridized carbons (Fsp3) is 0.500. The summed E-state index contributed by atoms with van der Waals surface area (Å²) in [5.41, 5.74) is 3.23. The number of aromatic nitrogens is 2. The van der Waals surface area contributed by atoms with Crippen molar-refractivity contribution in [3.63, 3.8) is 0 Å². The molecule has 1 N–H and O–H groups in total. The van der Waals surface area contributed by atoms with Gasteiger partial charge < -0.3 is 24.6 Å². The number of hydrogen-bond donors (Lipinski definition) is 1.